The van der Waals surface area contributed by atoms with Crippen molar-refractivity contribution in [3.8, 4) is 0 Å². The Morgan fingerprint density at radius 3 is 1.62 bits per heavy atom. The molecule has 0 bridgehead atoms. The van der Waals surface area contributed by atoms with Crippen LogP contribution in [-0.2, 0) is 0 Å². The van der Waals surface area contributed by atoms with E-state index in [1.807, 2.05) is 0 Å². The summed E-state index contributed by atoms with van der Waals surface area (Å²) in [6.45, 7) is 0.497. The van der Waals surface area contributed by atoms with Gasteiger partial charge in [0.1, 0.15) is 24.4 Å². The fourth-order valence-electron chi connectivity index (χ4n) is 0.823. The third-order valence-corrected chi connectivity index (χ3v) is 1.78. The summed E-state index contributed by atoms with van der Waals surface area (Å²) in [5.41, 5.74) is 0. The van der Waals surface area contributed by atoms with Crippen molar-refractivity contribution in [1.82, 2.24) is 0 Å². The minimum atomic E-state index is -1.69. The largest absolute Gasteiger partial charge is 0.394 e. The van der Waals surface area contributed by atoms with Gasteiger partial charge in [-0.25, -0.2) is 0 Å². The summed E-state index contributed by atoms with van der Waals surface area (Å²) in [5.74, 6) is 0. The van der Waals surface area contributed by atoms with Crippen LogP contribution >= 0.6 is 0 Å². The molecule has 13 heavy (non-hydrogen) atoms. The normalized spacial score (nSPS) is 23.3. The maximum atomic E-state index is 9.13. The molecule has 0 aliphatic carbocycles. The van der Waals surface area contributed by atoms with Gasteiger partial charge in [-0.15, -0.1) is 0 Å². The summed E-state index contributed by atoms with van der Waals surface area (Å²) in [5, 5.41) is 53.4. The second-order valence-corrected chi connectivity index (χ2v) is 2.96. The molecular formula is C7H16O6. The molecule has 0 amide bonds. The molecule has 0 aromatic rings. The Labute approximate surface area is 75.7 Å². The van der Waals surface area contributed by atoms with E-state index in [0.717, 1.165) is 0 Å². The first kappa shape index (κ1) is 12.8. The van der Waals surface area contributed by atoms with Gasteiger partial charge in [-0.3, -0.25) is 0 Å². The van der Waals surface area contributed by atoms with Crippen molar-refractivity contribution in [1.29, 1.82) is 0 Å². The van der Waals surface area contributed by atoms with E-state index in [4.69, 9.17) is 30.6 Å². The fraction of sp³-hybridized carbons (Fsp3) is 1.00. The topological polar surface area (TPSA) is 121 Å². The Hall–Kier alpha value is -0.240. The highest BCUT2D eigenvalue weighted by Gasteiger charge is 2.32. The van der Waals surface area contributed by atoms with Crippen LogP contribution in [0.4, 0.5) is 0 Å². The summed E-state index contributed by atoms with van der Waals surface area (Å²) in [4.78, 5) is 0. The number of aliphatic hydroxyl groups excluding tert-OH is 6. The molecule has 0 fully saturated rings. The maximum Gasteiger partial charge on any atom is 0.111 e. The van der Waals surface area contributed by atoms with Gasteiger partial charge in [0.25, 0.3) is 0 Å². The lowest BCUT2D eigenvalue weighted by molar-refractivity contribution is -0.137. The first-order chi connectivity index (χ1) is 5.91. The molecule has 0 saturated carbocycles. The smallest absolute Gasteiger partial charge is 0.111 e. The first-order valence-corrected chi connectivity index (χ1v) is 3.93. The van der Waals surface area contributed by atoms with Gasteiger partial charge in [0.15, 0.2) is 0 Å². The minimum Gasteiger partial charge on any atom is -0.394 e. The molecule has 0 saturated heterocycles. The summed E-state index contributed by atoms with van der Waals surface area (Å²) < 4.78 is 0. The summed E-state index contributed by atoms with van der Waals surface area (Å²) in [6, 6.07) is 0. The predicted molar refractivity (Wildman–Crippen MR) is 42.8 cm³/mol. The van der Waals surface area contributed by atoms with Crippen molar-refractivity contribution in [2.75, 3.05) is 6.61 Å². The zero-order valence-electron chi connectivity index (χ0n) is 7.28. The highest BCUT2D eigenvalue weighted by Crippen LogP contribution is 2.07. The van der Waals surface area contributed by atoms with Crippen LogP contribution in [0, 0.1) is 0 Å². The maximum absolute atomic E-state index is 9.13. The van der Waals surface area contributed by atoms with E-state index in [0.29, 0.717) is 0 Å². The molecule has 5 atom stereocenters. The lowest BCUT2D eigenvalue weighted by Crippen LogP contribution is -2.49. The van der Waals surface area contributed by atoms with Crippen LogP contribution in [0.5, 0.6) is 0 Å². The molecule has 0 aromatic heterocycles. The van der Waals surface area contributed by atoms with Gasteiger partial charge in [-0.1, -0.05) is 0 Å². The third kappa shape index (κ3) is 3.55. The van der Waals surface area contributed by atoms with Gasteiger partial charge < -0.3 is 30.6 Å². The van der Waals surface area contributed by atoms with E-state index in [2.05, 4.69) is 0 Å². The van der Waals surface area contributed by atoms with Crippen LogP contribution in [-0.4, -0.2) is 67.8 Å². The molecule has 5 unspecified atom stereocenters. The van der Waals surface area contributed by atoms with E-state index in [1.54, 1.807) is 0 Å². The van der Waals surface area contributed by atoms with Crippen LogP contribution in [0.3, 0.4) is 0 Å². The fourth-order valence-corrected chi connectivity index (χ4v) is 0.823. The monoisotopic (exact) mass is 196 g/mol. The number of hydrogen-bond donors (Lipinski definition) is 6. The Morgan fingerprint density at radius 1 is 0.846 bits per heavy atom. The molecule has 0 radical (unpaired) electrons. The van der Waals surface area contributed by atoms with Crippen molar-refractivity contribution in [3.63, 3.8) is 0 Å². The summed E-state index contributed by atoms with van der Waals surface area (Å²) >= 11 is 0. The molecule has 0 aromatic carbocycles. The van der Waals surface area contributed by atoms with Crippen molar-refractivity contribution >= 4 is 0 Å². The highest BCUT2D eigenvalue weighted by atomic mass is 16.4. The number of hydrogen-bond acceptors (Lipinski definition) is 6. The summed E-state index contributed by atoms with van der Waals surface area (Å²) in [7, 11) is 0. The number of aliphatic hydroxyl groups is 6. The van der Waals surface area contributed by atoms with E-state index < -0.39 is 37.1 Å². The average molecular weight is 196 g/mol. The Bertz CT molecular complexity index is 139. The van der Waals surface area contributed by atoms with E-state index in [9.17, 15) is 0 Å². The van der Waals surface area contributed by atoms with Crippen molar-refractivity contribution < 1.29 is 30.6 Å². The Morgan fingerprint density at radius 2 is 1.31 bits per heavy atom. The van der Waals surface area contributed by atoms with Gasteiger partial charge in [0.05, 0.1) is 12.7 Å². The third-order valence-electron chi connectivity index (χ3n) is 1.78. The quantitative estimate of drug-likeness (QED) is 0.275. The van der Waals surface area contributed by atoms with Crippen LogP contribution in [0.2, 0.25) is 0 Å². The predicted octanol–water partition coefficient (Wildman–Crippen LogP) is -3.20. The first-order valence-electron chi connectivity index (χ1n) is 3.93. The SMILES string of the molecule is CC(O)C(O)C(O)C(O)C(O)CO. The summed E-state index contributed by atoms with van der Waals surface area (Å²) in [6.07, 6.45) is -7.70. The molecule has 0 spiro atoms. The van der Waals surface area contributed by atoms with E-state index in [-0.39, 0.29) is 0 Å². The van der Waals surface area contributed by atoms with Crippen molar-refractivity contribution in [2.45, 2.75) is 37.4 Å². The molecule has 6 N–H and O–H groups in total. The van der Waals surface area contributed by atoms with Gasteiger partial charge in [0.2, 0.25) is 0 Å². The minimum absolute atomic E-state index is 0.731. The van der Waals surface area contributed by atoms with Crippen LogP contribution in [0.1, 0.15) is 6.92 Å². The van der Waals surface area contributed by atoms with E-state index in [1.165, 1.54) is 6.92 Å². The molecule has 0 rings (SSSR count). The zero-order chi connectivity index (χ0) is 10.6. The molecule has 0 heterocycles. The van der Waals surface area contributed by atoms with Crippen molar-refractivity contribution in [3.05, 3.63) is 0 Å². The van der Waals surface area contributed by atoms with E-state index >= 15 is 0 Å². The lowest BCUT2D eigenvalue weighted by Gasteiger charge is -2.26. The van der Waals surface area contributed by atoms with Gasteiger partial charge >= 0.3 is 0 Å². The van der Waals surface area contributed by atoms with Crippen LogP contribution < -0.4 is 0 Å². The zero-order valence-corrected chi connectivity index (χ0v) is 7.28. The van der Waals surface area contributed by atoms with Crippen LogP contribution in [0.25, 0.3) is 0 Å². The average Bonchev–Trinajstić information content (AvgIpc) is 2.12. The van der Waals surface area contributed by atoms with Crippen molar-refractivity contribution in [2.24, 2.45) is 0 Å². The molecule has 6 nitrogen and oxygen atoms in total. The molecule has 0 aliphatic rings. The van der Waals surface area contributed by atoms with Gasteiger partial charge in [0, 0.05) is 0 Å². The van der Waals surface area contributed by atoms with Gasteiger partial charge in [-0.05, 0) is 6.92 Å². The molecule has 0 aliphatic heterocycles. The Kier molecular flexibility index (Phi) is 5.38. The lowest BCUT2D eigenvalue weighted by atomic mass is 10.0. The molecule has 6 heteroatoms. The molecule has 80 valence electrons. The second-order valence-electron chi connectivity index (χ2n) is 2.96. The van der Waals surface area contributed by atoms with Crippen LogP contribution in [0.15, 0.2) is 0 Å². The number of rotatable bonds is 5. The molecular weight excluding hydrogens is 180 g/mol. The standard InChI is InChI=1S/C7H16O6/c1-3(9)5(11)7(13)6(12)4(10)2-8/h3-13H,2H2,1H3. The van der Waals surface area contributed by atoms with Gasteiger partial charge in [-0.2, -0.15) is 0 Å². The Balaban J connectivity index is 4.15. The second kappa shape index (κ2) is 5.48. The highest BCUT2D eigenvalue weighted by molar-refractivity contribution is 4.82.